The molecule has 0 radical (unpaired) electrons. The second-order valence-electron chi connectivity index (χ2n) is 12.3. The molecule has 0 saturated heterocycles. The van der Waals surface area contributed by atoms with Crippen LogP contribution in [0.15, 0.2) is 102 Å². The SMILES string of the molecule is O=C1CCC(=O)N[C@H](Cc2cccs2)C(=O)N[C@@H](Cc2ccccc2)C(=O)N[C@H](Cc2ccccc2)C(=O)N[C@@H](C(=O)O)Cc2ccc(cc2)N1. The van der Waals surface area contributed by atoms with Crippen LogP contribution in [-0.4, -0.2) is 64.8 Å². The normalized spacial score (nSPS) is 20.9. The summed E-state index contributed by atoms with van der Waals surface area (Å²) < 4.78 is 0. The van der Waals surface area contributed by atoms with E-state index in [4.69, 9.17) is 0 Å². The van der Waals surface area contributed by atoms with Gasteiger partial charge in [-0.05, 0) is 40.3 Å². The lowest BCUT2D eigenvalue weighted by Crippen LogP contribution is -2.59. The molecule has 2 aliphatic heterocycles. The van der Waals surface area contributed by atoms with Crippen molar-refractivity contribution < 1.29 is 33.9 Å². The smallest absolute Gasteiger partial charge is 0.326 e. The van der Waals surface area contributed by atoms with Gasteiger partial charge in [-0.2, -0.15) is 0 Å². The number of carbonyl (C=O) groups excluding carboxylic acids is 5. The Morgan fingerprint density at radius 1 is 0.608 bits per heavy atom. The van der Waals surface area contributed by atoms with Crippen molar-refractivity contribution in [2.45, 2.75) is 62.7 Å². The quantitative estimate of drug-likeness (QED) is 0.160. The highest BCUT2D eigenvalue weighted by Crippen LogP contribution is 2.15. The monoisotopic (exact) mass is 709 g/mol. The Morgan fingerprint density at radius 3 is 1.67 bits per heavy atom. The summed E-state index contributed by atoms with van der Waals surface area (Å²) in [4.78, 5) is 80.7. The van der Waals surface area contributed by atoms with Gasteiger partial charge >= 0.3 is 5.97 Å². The molecule has 4 atom stereocenters. The minimum atomic E-state index is -1.34. The molecule has 12 nitrogen and oxygen atoms in total. The van der Waals surface area contributed by atoms with Gasteiger partial charge in [0.05, 0.1) is 0 Å². The molecule has 6 N–H and O–H groups in total. The molecule has 0 unspecified atom stereocenters. The van der Waals surface area contributed by atoms with Crippen molar-refractivity contribution in [3.05, 3.63) is 124 Å². The van der Waals surface area contributed by atoms with E-state index >= 15 is 0 Å². The number of nitrogens with one attached hydrogen (secondary N) is 5. The lowest BCUT2D eigenvalue weighted by Gasteiger charge is -2.26. The van der Waals surface area contributed by atoms with E-state index < -0.39 is 59.7 Å². The van der Waals surface area contributed by atoms with E-state index in [-0.39, 0.29) is 38.5 Å². The maximum Gasteiger partial charge on any atom is 0.326 e. The van der Waals surface area contributed by atoms with E-state index in [9.17, 15) is 33.9 Å². The van der Waals surface area contributed by atoms with Gasteiger partial charge in [0.1, 0.15) is 24.2 Å². The van der Waals surface area contributed by atoms with E-state index in [0.29, 0.717) is 11.3 Å². The highest BCUT2D eigenvalue weighted by molar-refractivity contribution is 7.09. The molecule has 6 rings (SSSR count). The van der Waals surface area contributed by atoms with Gasteiger partial charge in [0, 0.05) is 49.1 Å². The predicted octanol–water partition coefficient (Wildman–Crippen LogP) is 2.77. The van der Waals surface area contributed by atoms with Crippen LogP contribution >= 0.6 is 11.3 Å². The van der Waals surface area contributed by atoms with Crippen molar-refractivity contribution in [2.24, 2.45) is 0 Å². The third-order valence-electron chi connectivity index (χ3n) is 8.34. The van der Waals surface area contributed by atoms with Crippen molar-refractivity contribution in [3.8, 4) is 0 Å². The van der Waals surface area contributed by atoms with Crippen LogP contribution in [0.5, 0.6) is 0 Å². The summed E-state index contributed by atoms with van der Waals surface area (Å²) >= 11 is 1.41. The predicted molar refractivity (Wildman–Crippen MR) is 192 cm³/mol. The van der Waals surface area contributed by atoms with E-state index in [1.165, 1.54) is 11.3 Å². The highest BCUT2D eigenvalue weighted by Gasteiger charge is 2.32. The molecule has 0 aliphatic carbocycles. The Bertz CT molecular complexity index is 1820. The summed E-state index contributed by atoms with van der Waals surface area (Å²) in [5.41, 5.74) is 2.47. The third-order valence-corrected chi connectivity index (χ3v) is 9.24. The summed E-state index contributed by atoms with van der Waals surface area (Å²) in [6.45, 7) is 0. The Labute approximate surface area is 299 Å². The number of fused-ring (bicyclic) bond motifs is 18. The Balaban J connectivity index is 1.49. The van der Waals surface area contributed by atoms with Crippen LogP contribution in [0.25, 0.3) is 0 Å². The zero-order valence-electron chi connectivity index (χ0n) is 27.7. The molecule has 3 heterocycles. The molecule has 4 aromatic rings. The summed E-state index contributed by atoms with van der Waals surface area (Å²) in [6.07, 6.45) is -0.173. The molecule has 1 aromatic heterocycles. The molecule has 2 bridgehead atoms. The fourth-order valence-electron chi connectivity index (χ4n) is 5.65. The van der Waals surface area contributed by atoms with Crippen molar-refractivity contribution >= 4 is 52.5 Å². The minimum Gasteiger partial charge on any atom is -0.480 e. The summed E-state index contributed by atoms with van der Waals surface area (Å²) in [5, 5.41) is 25.5. The van der Waals surface area contributed by atoms with Crippen molar-refractivity contribution in [2.75, 3.05) is 5.32 Å². The van der Waals surface area contributed by atoms with E-state index in [2.05, 4.69) is 26.6 Å². The average Bonchev–Trinajstić information content (AvgIpc) is 3.64. The number of carbonyl (C=O) groups is 6. The first-order valence-corrected chi connectivity index (χ1v) is 17.4. The van der Waals surface area contributed by atoms with Crippen LogP contribution in [0.3, 0.4) is 0 Å². The Morgan fingerprint density at radius 2 is 1.14 bits per heavy atom. The molecular formula is C38H39N5O7S. The number of amides is 5. The molecule has 264 valence electrons. The van der Waals surface area contributed by atoms with E-state index in [1.807, 2.05) is 29.6 Å². The fourth-order valence-corrected chi connectivity index (χ4v) is 6.40. The Kier molecular flexibility index (Phi) is 12.7. The van der Waals surface area contributed by atoms with Crippen LogP contribution < -0.4 is 26.6 Å². The van der Waals surface area contributed by atoms with Gasteiger partial charge in [-0.1, -0.05) is 78.9 Å². The van der Waals surface area contributed by atoms with Crippen LogP contribution in [0, 0.1) is 0 Å². The number of hydrogen-bond acceptors (Lipinski definition) is 7. The van der Waals surface area contributed by atoms with Gasteiger partial charge in [0.15, 0.2) is 0 Å². The largest absolute Gasteiger partial charge is 0.480 e. The zero-order valence-corrected chi connectivity index (χ0v) is 28.5. The molecule has 5 amide bonds. The molecule has 0 saturated carbocycles. The van der Waals surface area contributed by atoms with Crippen LogP contribution in [-0.2, 0) is 54.5 Å². The number of thiophene rings is 1. The maximum absolute atomic E-state index is 14.1. The van der Waals surface area contributed by atoms with Crippen molar-refractivity contribution in [1.29, 1.82) is 0 Å². The topological polar surface area (TPSA) is 183 Å². The zero-order chi connectivity index (χ0) is 36.2. The number of aliphatic carboxylic acids is 1. The molecule has 51 heavy (non-hydrogen) atoms. The minimum absolute atomic E-state index is 0.0439. The average molecular weight is 710 g/mol. The first-order valence-electron chi connectivity index (χ1n) is 16.5. The number of anilines is 1. The highest BCUT2D eigenvalue weighted by atomic mass is 32.1. The van der Waals surface area contributed by atoms with Crippen LogP contribution in [0.1, 0.15) is 34.4 Å². The fraction of sp³-hybridized carbons (Fsp3) is 0.263. The molecular weight excluding hydrogens is 671 g/mol. The second-order valence-corrected chi connectivity index (χ2v) is 13.3. The molecule has 0 fully saturated rings. The third kappa shape index (κ3) is 11.1. The van der Waals surface area contributed by atoms with Crippen LogP contribution in [0.2, 0.25) is 0 Å². The van der Waals surface area contributed by atoms with Gasteiger partial charge in [0.25, 0.3) is 0 Å². The maximum atomic E-state index is 14.1. The summed E-state index contributed by atoms with van der Waals surface area (Å²) in [5.74, 6) is -4.24. The molecule has 13 heteroatoms. The number of hydrogen-bond donors (Lipinski definition) is 6. The van der Waals surface area contributed by atoms with Crippen molar-refractivity contribution in [1.82, 2.24) is 21.3 Å². The number of benzene rings is 3. The van der Waals surface area contributed by atoms with Gasteiger partial charge in [-0.25, -0.2) is 4.79 Å². The van der Waals surface area contributed by atoms with Gasteiger partial charge in [-0.3, -0.25) is 24.0 Å². The molecule has 0 spiro atoms. The number of carboxylic acids is 1. The molecule has 2 aliphatic rings. The molecule has 3 aromatic carbocycles. The van der Waals surface area contributed by atoms with E-state index in [1.54, 1.807) is 72.8 Å². The summed E-state index contributed by atoms with van der Waals surface area (Å²) in [7, 11) is 0. The Hall–Kier alpha value is -5.82. The first-order chi connectivity index (χ1) is 24.6. The van der Waals surface area contributed by atoms with Gasteiger partial charge < -0.3 is 31.7 Å². The number of carboxylic acid groups (broad SMARTS) is 1. The lowest BCUT2D eigenvalue weighted by atomic mass is 10.0. The second kappa shape index (κ2) is 17.7. The standard InChI is InChI=1S/C38H39N5O7S/c44-33-17-18-34(45)40-31(23-28-12-7-19-51-28)37(48)42-29(20-24-8-3-1-4-9-24)35(46)41-30(21-25-10-5-2-6-11-25)36(47)43-32(38(49)50)22-26-13-15-27(39-33)16-14-26/h1-16,19,29-32H,17-18,20-23H2,(H,39,44)(H,40,45)(H,41,46)(H,42,48)(H,43,47)(H,49,50)/t29-,30+,31+,32+/m0/s1. The first kappa shape index (κ1) is 36.5. The summed E-state index contributed by atoms with van der Waals surface area (Å²) in [6, 6.07) is 23.3. The van der Waals surface area contributed by atoms with Gasteiger partial charge in [-0.15, -0.1) is 11.3 Å². The van der Waals surface area contributed by atoms with Crippen molar-refractivity contribution in [3.63, 3.8) is 0 Å². The number of rotatable bonds is 7. The van der Waals surface area contributed by atoms with E-state index in [0.717, 1.165) is 16.0 Å². The van der Waals surface area contributed by atoms with Crippen LogP contribution in [0.4, 0.5) is 5.69 Å². The lowest BCUT2D eigenvalue weighted by molar-refractivity contribution is -0.142. The van der Waals surface area contributed by atoms with Gasteiger partial charge in [0.2, 0.25) is 29.5 Å².